The predicted molar refractivity (Wildman–Crippen MR) is 502 cm³/mol. The third kappa shape index (κ3) is 13.2. The maximum absolute atomic E-state index is 5.15. The van der Waals surface area contributed by atoms with Gasteiger partial charge in [-0.2, -0.15) is 0 Å². The summed E-state index contributed by atoms with van der Waals surface area (Å²) in [7, 11) is 0. The maximum Gasteiger partial charge on any atom is 0.164 e. The van der Waals surface area contributed by atoms with Crippen LogP contribution in [0, 0.1) is 0 Å². The van der Waals surface area contributed by atoms with E-state index < -0.39 is 0 Å². The van der Waals surface area contributed by atoms with Crippen molar-refractivity contribution in [3.63, 3.8) is 0 Å². The molecule has 0 radical (unpaired) electrons. The van der Waals surface area contributed by atoms with Gasteiger partial charge in [-0.05, 0) is 194 Å². The summed E-state index contributed by atoms with van der Waals surface area (Å²) in [6.45, 7) is 0. The average Bonchev–Trinajstić information content (AvgIpc) is 0.735. The predicted octanol–water partition coefficient (Wildman–Crippen LogP) is 30.1. The zero-order valence-corrected chi connectivity index (χ0v) is 65.3. The summed E-state index contributed by atoms with van der Waals surface area (Å²) in [5.74, 6) is 3.85. The molecule has 21 aromatic carbocycles. The van der Waals surface area contributed by atoms with Crippen molar-refractivity contribution >= 4 is 97.0 Å². The Morgan fingerprint density at radius 1 is 0.108 bits per heavy atom. The molecule has 0 amide bonds. The molecular weight excluding hydrogens is 1450 g/mol. The van der Waals surface area contributed by atoms with Crippen LogP contribution in [-0.2, 0) is 0 Å². The maximum atomic E-state index is 5.15. The van der Waals surface area contributed by atoms with Gasteiger partial charge in [0, 0.05) is 33.4 Å². The zero-order chi connectivity index (χ0) is 79.4. The molecule has 2 aromatic heterocycles. The summed E-state index contributed by atoms with van der Waals surface area (Å²) in [6, 6.07) is 156. The van der Waals surface area contributed by atoms with Gasteiger partial charge >= 0.3 is 0 Å². The minimum Gasteiger partial charge on any atom is -0.208 e. The molecule has 0 fully saturated rings. The molecule has 0 unspecified atom stereocenters. The SMILES string of the molecule is c1ccc(-c2ccc(-c3ccccc3-c3c4ccccc4c(-c4ccc(-c5nc(-c6ccc7ccccc7c6)nc(-c6ccc7ccccc7c6)n5)cc4)c4ccccc34)cc2)cc1.c1ccc2cc(-c3nc(-c4ccc(-c5c6ccccc6c(-c6ccc7ccccc7c6)c6ccccc56)cc4)nc(-c4ccc5ccccc5c4)n3)ccc2c1. The Morgan fingerprint density at radius 2 is 0.308 bits per heavy atom. The Balaban J connectivity index is 0.000000145. The fraction of sp³-hybridized carbons (Fsp3) is 0. The van der Waals surface area contributed by atoms with E-state index in [4.69, 9.17) is 29.9 Å². The van der Waals surface area contributed by atoms with Crippen LogP contribution in [0.15, 0.2) is 437 Å². The highest BCUT2D eigenvalue weighted by atomic mass is 15.0. The van der Waals surface area contributed by atoms with Crippen LogP contribution in [0.1, 0.15) is 0 Å². The van der Waals surface area contributed by atoms with Crippen LogP contribution in [0.5, 0.6) is 0 Å². The molecule has 23 rings (SSSR count). The van der Waals surface area contributed by atoms with E-state index in [0.29, 0.717) is 34.9 Å². The first kappa shape index (κ1) is 70.6. The number of aromatic nitrogens is 6. The summed E-state index contributed by atoms with van der Waals surface area (Å²) in [4.78, 5) is 30.7. The van der Waals surface area contributed by atoms with Crippen LogP contribution in [0.4, 0.5) is 0 Å². The summed E-state index contributed by atoms with van der Waals surface area (Å²) in [5.41, 5.74) is 20.1. The highest BCUT2D eigenvalue weighted by molar-refractivity contribution is 6.24. The molecular formula is C114H72N6. The molecule has 0 bridgehead atoms. The normalized spacial score (nSPS) is 11.5. The number of hydrogen-bond acceptors (Lipinski definition) is 6. The first-order valence-corrected chi connectivity index (χ1v) is 40.8. The van der Waals surface area contributed by atoms with Gasteiger partial charge in [0.1, 0.15) is 0 Å². The molecule has 23 aromatic rings. The van der Waals surface area contributed by atoms with Crippen molar-refractivity contribution < 1.29 is 0 Å². The van der Waals surface area contributed by atoms with Crippen molar-refractivity contribution in [2.45, 2.75) is 0 Å². The molecule has 0 saturated heterocycles. The van der Waals surface area contributed by atoms with E-state index in [-0.39, 0.29) is 0 Å². The molecule has 558 valence electrons. The molecule has 2 heterocycles. The summed E-state index contributed by atoms with van der Waals surface area (Å²) < 4.78 is 0. The van der Waals surface area contributed by atoms with Gasteiger partial charge in [0.25, 0.3) is 0 Å². The Hall–Kier alpha value is -16.0. The van der Waals surface area contributed by atoms with Crippen LogP contribution in [-0.4, -0.2) is 29.9 Å². The van der Waals surface area contributed by atoms with Crippen molar-refractivity contribution in [1.29, 1.82) is 0 Å². The molecule has 0 aliphatic rings. The number of fused-ring (bicyclic) bond motifs is 9. The summed E-state index contributed by atoms with van der Waals surface area (Å²) in [6.07, 6.45) is 0. The lowest BCUT2D eigenvalue weighted by atomic mass is 9.83. The van der Waals surface area contributed by atoms with Gasteiger partial charge in [-0.25, -0.2) is 29.9 Å². The Bertz CT molecular complexity index is 7650. The van der Waals surface area contributed by atoms with Crippen molar-refractivity contribution in [2.75, 3.05) is 0 Å². The third-order valence-electron chi connectivity index (χ3n) is 23.6. The first-order valence-electron chi connectivity index (χ1n) is 40.8. The van der Waals surface area contributed by atoms with E-state index in [0.717, 1.165) is 66.1 Å². The van der Waals surface area contributed by atoms with Crippen LogP contribution in [0.25, 0.3) is 232 Å². The quantitative estimate of drug-likeness (QED) is 0.113. The summed E-state index contributed by atoms with van der Waals surface area (Å²) >= 11 is 0. The topological polar surface area (TPSA) is 77.3 Å². The van der Waals surface area contributed by atoms with Crippen molar-refractivity contribution in [3.05, 3.63) is 437 Å². The third-order valence-corrected chi connectivity index (χ3v) is 23.6. The van der Waals surface area contributed by atoms with Crippen molar-refractivity contribution in [2.24, 2.45) is 0 Å². The number of rotatable bonds is 12. The van der Waals surface area contributed by atoms with Gasteiger partial charge in [0.15, 0.2) is 34.9 Å². The van der Waals surface area contributed by atoms with Crippen LogP contribution in [0.3, 0.4) is 0 Å². The number of hydrogen-bond donors (Lipinski definition) is 0. The fourth-order valence-electron chi connectivity index (χ4n) is 17.7. The minimum atomic E-state index is 0.631. The first-order chi connectivity index (χ1) is 59.4. The summed E-state index contributed by atoms with van der Waals surface area (Å²) in [5, 5.41) is 21.5. The Kier molecular flexibility index (Phi) is 17.8. The molecule has 0 atom stereocenters. The van der Waals surface area contributed by atoms with Crippen molar-refractivity contribution in [1.82, 2.24) is 29.9 Å². The monoisotopic (exact) mass is 1520 g/mol. The van der Waals surface area contributed by atoms with Crippen LogP contribution < -0.4 is 0 Å². The van der Waals surface area contributed by atoms with E-state index in [2.05, 4.69) is 437 Å². The minimum absolute atomic E-state index is 0.631. The number of benzene rings is 21. The highest BCUT2D eigenvalue weighted by Gasteiger charge is 2.23. The van der Waals surface area contributed by atoms with Gasteiger partial charge < -0.3 is 0 Å². The molecule has 0 spiro atoms. The lowest BCUT2D eigenvalue weighted by molar-refractivity contribution is 1.07. The number of nitrogens with zero attached hydrogens (tertiary/aromatic N) is 6. The van der Waals surface area contributed by atoms with E-state index in [1.54, 1.807) is 0 Å². The van der Waals surface area contributed by atoms with E-state index in [9.17, 15) is 0 Å². The molecule has 120 heavy (non-hydrogen) atoms. The molecule has 6 nitrogen and oxygen atoms in total. The standard InChI is InChI=1S/C61H39N3.C53H33N3/c1-2-14-40(15-3-1)43-26-30-44(31-27-43)51-20-8-9-21-52(51)58-55-24-12-10-22-53(55)57(54-23-11-13-25-56(54)58)45-32-34-46(35-33-45)59-62-60(49-36-28-41-16-4-6-18-47(41)38-49)64-61(63-59)50-37-29-42-17-5-7-19-48(42)39-50;1-4-14-39-31-42(28-21-34(39)11-1)50-47-19-9-7-17-45(47)49(46-18-8-10-20-48(46)50)37-24-26-38(27-25-37)51-54-52(43-29-22-35-12-2-5-15-40(35)32-43)56-53(55-51)44-30-23-36-13-3-6-16-41(36)33-44/h1-39H;1-33H. The average molecular weight is 1530 g/mol. The largest absolute Gasteiger partial charge is 0.208 e. The Morgan fingerprint density at radius 3 is 0.633 bits per heavy atom. The van der Waals surface area contributed by atoms with Gasteiger partial charge in [-0.1, -0.05) is 406 Å². The molecule has 0 N–H and O–H groups in total. The van der Waals surface area contributed by atoms with Gasteiger partial charge in [-0.3, -0.25) is 0 Å². The molecule has 0 aliphatic heterocycles. The van der Waals surface area contributed by atoms with Gasteiger partial charge in [0.05, 0.1) is 0 Å². The van der Waals surface area contributed by atoms with Crippen molar-refractivity contribution in [3.8, 4) is 135 Å². The second-order valence-electron chi connectivity index (χ2n) is 30.7. The molecule has 0 aliphatic carbocycles. The second kappa shape index (κ2) is 30.3. The Labute approximate surface area is 694 Å². The van der Waals surface area contributed by atoms with Gasteiger partial charge in [0.2, 0.25) is 0 Å². The zero-order valence-electron chi connectivity index (χ0n) is 65.3. The highest BCUT2D eigenvalue weighted by Crippen LogP contribution is 2.49. The van der Waals surface area contributed by atoms with Crippen LogP contribution in [0.2, 0.25) is 0 Å². The van der Waals surface area contributed by atoms with E-state index in [1.165, 1.54) is 131 Å². The lowest BCUT2D eigenvalue weighted by Gasteiger charge is -2.20. The van der Waals surface area contributed by atoms with E-state index >= 15 is 0 Å². The lowest BCUT2D eigenvalue weighted by Crippen LogP contribution is -2.00. The second-order valence-corrected chi connectivity index (χ2v) is 30.7. The molecule has 6 heteroatoms. The smallest absolute Gasteiger partial charge is 0.164 e. The molecule has 0 saturated carbocycles. The van der Waals surface area contributed by atoms with Gasteiger partial charge in [-0.15, -0.1) is 0 Å². The van der Waals surface area contributed by atoms with E-state index in [1.807, 2.05) is 0 Å². The van der Waals surface area contributed by atoms with Crippen LogP contribution >= 0.6 is 0 Å². The fourth-order valence-corrected chi connectivity index (χ4v) is 17.7.